The van der Waals surface area contributed by atoms with Crippen molar-refractivity contribution in [1.29, 1.82) is 0 Å². The standard InChI is InChI=1S/C22H38ClN5O2.HI/c1-4-24-22(25-10-12-27(2)11-7-15-29-3)26-18-21(28-13-16-30-17-14-28)19-8-5-6-9-20(19)23;/h5-6,8-9,21H,4,7,10-18H2,1-3H3,(H2,24,25,26);1H. The lowest BCUT2D eigenvalue weighted by Gasteiger charge is -2.34. The molecule has 1 aromatic carbocycles. The molecule has 0 aromatic heterocycles. The smallest absolute Gasteiger partial charge is 0.191 e. The van der Waals surface area contributed by atoms with Crippen molar-refractivity contribution in [3.63, 3.8) is 0 Å². The first-order valence-corrected chi connectivity index (χ1v) is 11.3. The number of ether oxygens (including phenoxy) is 2. The monoisotopic (exact) mass is 567 g/mol. The second kappa shape index (κ2) is 16.9. The lowest BCUT2D eigenvalue weighted by atomic mass is 10.0. The van der Waals surface area contributed by atoms with Gasteiger partial charge >= 0.3 is 0 Å². The largest absolute Gasteiger partial charge is 0.385 e. The molecule has 0 spiro atoms. The predicted molar refractivity (Wildman–Crippen MR) is 140 cm³/mol. The van der Waals surface area contributed by atoms with Crippen LogP contribution >= 0.6 is 35.6 Å². The third-order valence-corrected chi connectivity index (χ3v) is 5.54. The topological polar surface area (TPSA) is 61.4 Å². The maximum absolute atomic E-state index is 6.53. The molecule has 0 radical (unpaired) electrons. The van der Waals surface area contributed by atoms with E-state index in [1.54, 1.807) is 7.11 Å². The molecule has 1 aliphatic heterocycles. The zero-order valence-electron chi connectivity index (χ0n) is 19.1. The van der Waals surface area contributed by atoms with E-state index >= 15 is 0 Å². The molecule has 7 nitrogen and oxygen atoms in total. The van der Waals surface area contributed by atoms with Crippen LogP contribution in [0.5, 0.6) is 0 Å². The van der Waals surface area contributed by atoms with E-state index in [-0.39, 0.29) is 30.0 Å². The lowest BCUT2D eigenvalue weighted by Crippen LogP contribution is -2.43. The van der Waals surface area contributed by atoms with Crippen molar-refractivity contribution in [2.24, 2.45) is 4.99 Å². The van der Waals surface area contributed by atoms with Gasteiger partial charge in [-0.05, 0) is 32.0 Å². The van der Waals surface area contributed by atoms with E-state index in [1.165, 1.54) is 0 Å². The minimum Gasteiger partial charge on any atom is -0.385 e. The van der Waals surface area contributed by atoms with Crippen LogP contribution in [0, 0.1) is 0 Å². The maximum atomic E-state index is 6.53. The Morgan fingerprint density at radius 2 is 2.00 bits per heavy atom. The van der Waals surface area contributed by atoms with E-state index in [2.05, 4.69) is 40.5 Å². The summed E-state index contributed by atoms with van der Waals surface area (Å²) in [5.74, 6) is 0.841. The molecule has 1 saturated heterocycles. The fourth-order valence-electron chi connectivity index (χ4n) is 3.52. The summed E-state index contributed by atoms with van der Waals surface area (Å²) in [4.78, 5) is 9.61. The van der Waals surface area contributed by atoms with E-state index < -0.39 is 0 Å². The van der Waals surface area contributed by atoms with Crippen molar-refractivity contribution < 1.29 is 9.47 Å². The fourth-order valence-corrected chi connectivity index (χ4v) is 3.78. The minimum atomic E-state index is 0. The third kappa shape index (κ3) is 10.7. The average molecular weight is 568 g/mol. The van der Waals surface area contributed by atoms with Gasteiger partial charge < -0.3 is 25.0 Å². The highest BCUT2D eigenvalue weighted by molar-refractivity contribution is 14.0. The number of nitrogens with zero attached hydrogens (tertiary/aromatic N) is 3. The highest BCUT2D eigenvalue weighted by atomic mass is 127. The number of morpholine rings is 1. The van der Waals surface area contributed by atoms with Gasteiger partial charge in [0.15, 0.2) is 5.96 Å². The van der Waals surface area contributed by atoms with Gasteiger partial charge in [-0.3, -0.25) is 9.89 Å². The second-order valence-electron chi connectivity index (χ2n) is 7.48. The Labute approximate surface area is 209 Å². The first kappa shape index (κ1) is 28.4. The molecular weight excluding hydrogens is 529 g/mol. The van der Waals surface area contributed by atoms with Crippen molar-refractivity contribution in [3.05, 3.63) is 34.9 Å². The summed E-state index contributed by atoms with van der Waals surface area (Å²) in [5, 5.41) is 7.60. The zero-order chi connectivity index (χ0) is 21.6. The molecule has 0 bridgehead atoms. The third-order valence-electron chi connectivity index (χ3n) is 5.19. The zero-order valence-corrected chi connectivity index (χ0v) is 22.2. The van der Waals surface area contributed by atoms with Gasteiger partial charge in [0.05, 0.1) is 25.8 Å². The summed E-state index contributed by atoms with van der Waals surface area (Å²) < 4.78 is 10.7. The Balaban J connectivity index is 0.00000480. The fraction of sp³-hybridized carbons (Fsp3) is 0.682. The van der Waals surface area contributed by atoms with Crippen molar-refractivity contribution in [1.82, 2.24) is 20.4 Å². The van der Waals surface area contributed by atoms with Crippen LogP contribution in [0.2, 0.25) is 5.02 Å². The van der Waals surface area contributed by atoms with E-state index in [9.17, 15) is 0 Å². The van der Waals surface area contributed by atoms with Crippen LogP contribution in [0.1, 0.15) is 24.9 Å². The molecule has 1 unspecified atom stereocenters. The van der Waals surface area contributed by atoms with Gasteiger partial charge in [0, 0.05) is 58.0 Å². The molecule has 2 rings (SSSR count). The number of nitrogens with one attached hydrogen (secondary N) is 2. The van der Waals surface area contributed by atoms with Gasteiger partial charge in [-0.2, -0.15) is 0 Å². The van der Waals surface area contributed by atoms with Crippen molar-refractivity contribution >= 4 is 41.5 Å². The molecule has 0 amide bonds. The number of methoxy groups -OCH3 is 1. The van der Waals surface area contributed by atoms with Gasteiger partial charge in [-0.1, -0.05) is 29.8 Å². The molecule has 1 aromatic rings. The van der Waals surface area contributed by atoms with Crippen molar-refractivity contribution in [3.8, 4) is 0 Å². The number of halogens is 2. The number of likely N-dealkylation sites (N-methyl/N-ethyl adjacent to an activating group) is 1. The Morgan fingerprint density at radius 1 is 1.26 bits per heavy atom. The molecule has 1 fully saturated rings. The maximum Gasteiger partial charge on any atom is 0.191 e. The Bertz CT molecular complexity index is 632. The second-order valence-corrected chi connectivity index (χ2v) is 7.89. The van der Waals surface area contributed by atoms with E-state index in [0.717, 1.165) is 82.1 Å². The van der Waals surface area contributed by atoms with Gasteiger partial charge in [-0.25, -0.2) is 0 Å². The summed E-state index contributed by atoms with van der Waals surface area (Å²) in [6.45, 7) is 10.4. The molecule has 2 N–H and O–H groups in total. The SMILES string of the molecule is CCNC(=NCC(c1ccccc1Cl)N1CCOCC1)NCCN(C)CCCOC.I. The lowest BCUT2D eigenvalue weighted by molar-refractivity contribution is 0.0180. The minimum absolute atomic E-state index is 0. The molecule has 0 saturated carbocycles. The molecule has 0 aliphatic carbocycles. The number of benzene rings is 1. The number of hydrogen-bond donors (Lipinski definition) is 2. The Hall–Kier alpha value is -0.650. The Morgan fingerprint density at radius 3 is 2.68 bits per heavy atom. The van der Waals surface area contributed by atoms with Gasteiger partial charge in [0.2, 0.25) is 0 Å². The Kier molecular flexibility index (Phi) is 15.5. The van der Waals surface area contributed by atoms with Crippen LogP contribution in [0.3, 0.4) is 0 Å². The van der Waals surface area contributed by atoms with Crippen LogP contribution in [0.4, 0.5) is 0 Å². The van der Waals surface area contributed by atoms with Crippen LogP contribution < -0.4 is 10.6 Å². The molecule has 1 aliphatic rings. The van der Waals surface area contributed by atoms with E-state index in [1.807, 2.05) is 18.2 Å². The molecule has 178 valence electrons. The van der Waals surface area contributed by atoms with E-state index in [0.29, 0.717) is 6.54 Å². The van der Waals surface area contributed by atoms with Crippen LogP contribution in [-0.4, -0.2) is 95.6 Å². The predicted octanol–water partition coefficient (Wildman–Crippen LogP) is 2.85. The van der Waals surface area contributed by atoms with Crippen LogP contribution in [0.15, 0.2) is 29.3 Å². The first-order chi connectivity index (χ1) is 14.7. The number of guanidine groups is 1. The molecule has 31 heavy (non-hydrogen) atoms. The molecule has 9 heteroatoms. The number of rotatable bonds is 12. The van der Waals surface area contributed by atoms with Crippen molar-refractivity contribution in [2.75, 3.05) is 79.8 Å². The van der Waals surface area contributed by atoms with Gasteiger partial charge in [0.25, 0.3) is 0 Å². The van der Waals surface area contributed by atoms with Gasteiger partial charge in [0.1, 0.15) is 0 Å². The first-order valence-electron chi connectivity index (χ1n) is 10.9. The van der Waals surface area contributed by atoms with Crippen LogP contribution in [-0.2, 0) is 9.47 Å². The molecule has 1 heterocycles. The van der Waals surface area contributed by atoms with Gasteiger partial charge in [-0.15, -0.1) is 24.0 Å². The van der Waals surface area contributed by atoms with Crippen LogP contribution in [0.25, 0.3) is 0 Å². The number of hydrogen-bond acceptors (Lipinski definition) is 5. The summed E-state index contributed by atoms with van der Waals surface area (Å²) in [6, 6.07) is 8.21. The summed E-state index contributed by atoms with van der Waals surface area (Å²) in [5.41, 5.74) is 1.12. The summed E-state index contributed by atoms with van der Waals surface area (Å²) >= 11 is 6.53. The summed E-state index contributed by atoms with van der Waals surface area (Å²) in [7, 11) is 3.88. The highest BCUT2D eigenvalue weighted by Crippen LogP contribution is 2.28. The van der Waals surface area contributed by atoms with E-state index in [4.69, 9.17) is 26.1 Å². The van der Waals surface area contributed by atoms with Crippen molar-refractivity contribution in [2.45, 2.75) is 19.4 Å². The molecule has 1 atom stereocenters. The normalized spacial score (nSPS) is 16.1. The molecular formula is C22H39ClIN5O2. The average Bonchev–Trinajstić information content (AvgIpc) is 2.76. The number of aliphatic imine (C=N–C) groups is 1. The summed E-state index contributed by atoms with van der Waals surface area (Å²) in [6.07, 6.45) is 1.04. The quantitative estimate of drug-likeness (QED) is 0.175. The highest BCUT2D eigenvalue weighted by Gasteiger charge is 2.24.